The van der Waals surface area contributed by atoms with E-state index in [1.54, 1.807) is 0 Å². The molecule has 0 amide bonds. The molecular weight excluding hydrogens is 216 g/mol. The highest BCUT2D eigenvalue weighted by molar-refractivity contribution is 6.43. The Balaban J connectivity index is 2.44. The fourth-order valence-corrected chi connectivity index (χ4v) is 1.78. The second-order valence-corrected chi connectivity index (χ2v) is 3.64. The van der Waals surface area contributed by atoms with Crippen LogP contribution < -0.4 is 0 Å². The first-order chi connectivity index (χ1) is 6.79. The van der Waals surface area contributed by atoms with E-state index in [9.17, 15) is 18.3 Å². The maximum Gasteiger partial charge on any atom is 0.522 e. The van der Waals surface area contributed by atoms with Crippen LogP contribution in [0.4, 0.5) is 13.2 Å². The van der Waals surface area contributed by atoms with E-state index in [-0.39, 0.29) is 19.3 Å². The van der Waals surface area contributed by atoms with Gasteiger partial charge in [-0.1, -0.05) is 0 Å². The van der Waals surface area contributed by atoms with E-state index >= 15 is 0 Å². The number of halogens is 3. The third-order valence-corrected chi connectivity index (χ3v) is 2.50. The molecule has 1 rings (SSSR count). The zero-order chi connectivity index (χ0) is 11.6. The maximum atomic E-state index is 11.8. The average molecular weight is 228 g/mol. The molecule has 3 atom stereocenters. The van der Waals surface area contributed by atoms with E-state index in [0.717, 1.165) is 0 Å². The van der Waals surface area contributed by atoms with Crippen molar-refractivity contribution in [2.45, 2.75) is 43.7 Å². The van der Waals surface area contributed by atoms with Crippen molar-refractivity contribution < 1.29 is 33.1 Å². The molecule has 0 aromatic carbocycles. The van der Waals surface area contributed by atoms with Crippen molar-refractivity contribution in [3.8, 4) is 0 Å². The fraction of sp³-hybridized carbons (Fsp3) is 1.00. The largest absolute Gasteiger partial charge is 0.522 e. The molecule has 1 saturated carbocycles. The van der Waals surface area contributed by atoms with E-state index in [4.69, 9.17) is 10.0 Å². The Morgan fingerprint density at radius 3 is 2.20 bits per heavy atom. The SMILES string of the molecule is OB(O)C1CCC(OC(F)(F)F)CC1O. The molecule has 4 nitrogen and oxygen atoms in total. The smallest absolute Gasteiger partial charge is 0.427 e. The Kier molecular flexibility index (Phi) is 3.99. The first-order valence-corrected chi connectivity index (χ1v) is 4.58. The zero-order valence-electron chi connectivity index (χ0n) is 7.81. The van der Waals surface area contributed by atoms with Crippen LogP contribution >= 0.6 is 0 Å². The number of hydrogen-bond donors (Lipinski definition) is 3. The van der Waals surface area contributed by atoms with Crippen LogP contribution in [0.25, 0.3) is 0 Å². The van der Waals surface area contributed by atoms with E-state index < -0.39 is 31.5 Å². The molecule has 0 aliphatic heterocycles. The van der Waals surface area contributed by atoms with Crippen molar-refractivity contribution in [3.63, 3.8) is 0 Å². The Labute approximate surface area is 84.8 Å². The molecule has 8 heteroatoms. The first-order valence-electron chi connectivity index (χ1n) is 4.58. The molecule has 0 spiro atoms. The Hall–Kier alpha value is -0.305. The molecule has 0 aromatic heterocycles. The number of ether oxygens (including phenoxy) is 1. The summed E-state index contributed by atoms with van der Waals surface area (Å²) in [6.45, 7) is 0. The summed E-state index contributed by atoms with van der Waals surface area (Å²) in [7, 11) is -1.70. The number of aliphatic hydroxyl groups is 1. The lowest BCUT2D eigenvalue weighted by Crippen LogP contribution is -2.39. The summed E-state index contributed by atoms with van der Waals surface area (Å²) in [5.41, 5.74) is 0. The highest BCUT2D eigenvalue weighted by Gasteiger charge is 2.41. The van der Waals surface area contributed by atoms with Crippen molar-refractivity contribution in [1.29, 1.82) is 0 Å². The summed E-state index contributed by atoms with van der Waals surface area (Å²) < 4.78 is 39.2. The van der Waals surface area contributed by atoms with Gasteiger partial charge < -0.3 is 15.2 Å². The molecule has 0 saturated heterocycles. The summed E-state index contributed by atoms with van der Waals surface area (Å²) >= 11 is 0. The van der Waals surface area contributed by atoms with Gasteiger partial charge in [0.25, 0.3) is 0 Å². The van der Waals surface area contributed by atoms with E-state index in [1.165, 1.54) is 0 Å². The second-order valence-electron chi connectivity index (χ2n) is 3.64. The minimum absolute atomic E-state index is 0.0544. The van der Waals surface area contributed by atoms with Crippen molar-refractivity contribution in [1.82, 2.24) is 0 Å². The van der Waals surface area contributed by atoms with E-state index in [0.29, 0.717) is 0 Å². The van der Waals surface area contributed by atoms with Gasteiger partial charge in [-0.25, -0.2) is 0 Å². The van der Waals surface area contributed by atoms with Crippen molar-refractivity contribution in [2.24, 2.45) is 0 Å². The van der Waals surface area contributed by atoms with E-state index in [1.807, 2.05) is 0 Å². The summed E-state index contributed by atoms with van der Waals surface area (Å²) in [5.74, 6) is -0.793. The molecule has 15 heavy (non-hydrogen) atoms. The lowest BCUT2D eigenvalue weighted by molar-refractivity contribution is -0.347. The lowest BCUT2D eigenvalue weighted by atomic mass is 9.63. The van der Waals surface area contributed by atoms with Gasteiger partial charge in [0.15, 0.2) is 0 Å². The van der Waals surface area contributed by atoms with Crippen LogP contribution in [0, 0.1) is 0 Å². The molecule has 3 N–H and O–H groups in total. The molecule has 88 valence electrons. The summed E-state index contributed by atoms with van der Waals surface area (Å²) in [5, 5.41) is 26.9. The number of aliphatic hydroxyl groups excluding tert-OH is 1. The van der Waals surface area contributed by atoms with E-state index in [2.05, 4.69) is 4.74 Å². The molecule has 0 bridgehead atoms. The van der Waals surface area contributed by atoms with Crippen LogP contribution in [0.3, 0.4) is 0 Å². The highest BCUT2D eigenvalue weighted by Crippen LogP contribution is 2.34. The normalized spacial score (nSPS) is 32.8. The standard InChI is InChI=1S/C7H12BF3O4/c9-7(10,11)15-4-1-2-5(8(13)14)6(12)3-4/h4-6,12-14H,1-3H2. The van der Waals surface area contributed by atoms with Gasteiger partial charge in [0.05, 0.1) is 12.2 Å². The minimum Gasteiger partial charge on any atom is -0.427 e. The molecule has 3 unspecified atom stereocenters. The van der Waals surface area contributed by atoms with Gasteiger partial charge in [-0.2, -0.15) is 0 Å². The van der Waals surface area contributed by atoms with Crippen LogP contribution in [0.1, 0.15) is 19.3 Å². The Morgan fingerprint density at radius 2 is 1.80 bits per heavy atom. The first kappa shape index (κ1) is 12.8. The topological polar surface area (TPSA) is 69.9 Å². The third-order valence-electron chi connectivity index (χ3n) is 2.50. The number of hydrogen-bond acceptors (Lipinski definition) is 4. The molecule has 1 fully saturated rings. The van der Waals surface area contributed by atoms with Crippen molar-refractivity contribution in [2.75, 3.05) is 0 Å². The summed E-state index contributed by atoms with van der Waals surface area (Å²) in [6.07, 6.45) is -7.07. The highest BCUT2D eigenvalue weighted by atomic mass is 19.4. The van der Waals surface area contributed by atoms with Gasteiger partial charge >= 0.3 is 13.5 Å². The summed E-state index contributed by atoms with van der Waals surface area (Å²) in [6, 6.07) is 0. The van der Waals surface area contributed by atoms with Crippen LogP contribution in [-0.4, -0.2) is 40.8 Å². The minimum atomic E-state index is -4.71. The van der Waals surface area contributed by atoms with Gasteiger partial charge in [-0.05, 0) is 19.3 Å². The van der Waals surface area contributed by atoms with Gasteiger partial charge in [0.2, 0.25) is 0 Å². The predicted molar refractivity (Wildman–Crippen MR) is 44.7 cm³/mol. The monoisotopic (exact) mass is 228 g/mol. The van der Waals surface area contributed by atoms with Crippen LogP contribution in [0.5, 0.6) is 0 Å². The molecule has 0 heterocycles. The van der Waals surface area contributed by atoms with Gasteiger partial charge in [0, 0.05) is 5.82 Å². The second kappa shape index (κ2) is 4.69. The Bertz CT molecular complexity index is 211. The van der Waals surface area contributed by atoms with Gasteiger partial charge in [-0.3, -0.25) is 4.74 Å². The van der Waals surface area contributed by atoms with Gasteiger partial charge in [0.1, 0.15) is 0 Å². The zero-order valence-corrected chi connectivity index (χ0v) is 7.81. The molecule has 0 radical (unpaired) electrons. The van der Waals surface area contributed by atoms with Crippen LogP contribution in [0.15, 0.2) is 0 Å². The molecular formula is C7H12BF3O4. The predicted octanol–water partition coefficient (Wildman–Crippen LogP) is 0.279. The van der Waals surface area contributed by atoms with Crippen LogP contribution in [-0.2, 0) is 4.74 Å². The lowest BCUT2D eigenvalue weighted by Gasteiger charge is -2.32. The maximum absolute atomic E-state index is 11.8. The Morgan fingerprint density at radius 1 is 1.20 bits per heavy atom. The van der Waals surface area contributed by atoms with Crippen LogP contribution in [0.2, 0.25) is 5.82 Å². The number of alkyl halides is 3. The summed E-state index contributed by atoms with van der Waals surface area (Å²) in [4.78, 5) is 0. The molecule has 0 aromatic rings. The average Bonchev–Trinajstić information content (AvgIpc) is 1.99. The quantitative estimate of drug-likeness (QED) is 0.593. The third kappa shape index (κ3) is 3.98. The van der Waals surface area contributed by atoms with Gasteiger partial charge in [-0.15, -0.1) is 13.2 Å². The number of rotatable bonds is 2. The van der Waals surface area contributed by atoms with Crippen molar-refractivity contribution in [3.05, 3.63) is 0 Å². The fourth-order valence-electron chi connectivity index (χ4n) is 1.78. The van der Waals surface area contributed by atoms with Crippen molar-refractivity contribution >= 4 is 7.12 Å². The molecule has 1 aliphatic rings. The molecule has 1 aliphatic carbocycles.